The fourth-order valence-corrected chi connectivity index (χ4v) is 3.15. The average Bonchev–Trinajstić information content (AvgIpc) is 2.68. The van der Waals surface area contributed by atoms with Crippen LogP contribution in [-0.4, -0.2) is 62.2 Å². The first kappa shape index (κ1) is 16.2. The summed E-state index contributed by atoms with van der Waals surface area (Å²) in [5, 5.41) is 10.1. The molecule has 3 aromatic heterocycles. The first-order valence-electron chi connectivity index (χ1n) is 8.40. The van der Waals surface area contributed by atoms with Gasteiger partial charge in [-0.3, -0.25) is 9.97 Å². The summed E-state index contributed by atoms with van der Waals surface area (Å²) >= 11 is 0. The van der Waals surface area contributed by atoms with E-state index in [1.54, 1.807) is 18.6 Å². The van der Waals surface area contributed by atoms with Crippen LogP contribution in [0.2, 0.25) is 0 Å². The van der Waals surface area contributed by atoms with Crippen molar-refractivity contribution >= 4 is 22.8 Å². The molecule has 132 valence electrons. The molecule has 1 fully saturated rings. The van der Waals surface area contributed by atoms with Crippen molar-refractivity contribution in [3.8, 4) is 11.4 Å². The van der Waals surface area contributed by atoms with Crippen LogP contribution in [0.25, 0.3) is 22.3 Å². The number of fused-ring (bicyclic) bond motifs is 1. The lowest BCUT2D eigenvalue weighted by molar-refractivity contribution is 0.142. The highest BCUT2D eigenvalue weighted by atomic mass is 16.4. The van der Waals surface area contributed by atoms with Gasteiger partial charge < -0.3 is 14.9 Å². The molecule has 1 aliphatic rings. The second kappa shape index (κ2) is 6.55. The molecule has 0 saturated carbocycles. The molecule has 1 amide bonds. The van der Waals surface area contributed by atoms with Crippen LogP contribution in [0.5, 0.6) is 0 Å². The number of hydrogen-bond donors (Lipinski definition) is 1. The maximum atomic E-state index is 11.2. The van der Waals surface area contributed by atoms with Crippen LogP contribution in [0, 0.1) is 6.92 Å². The Morgan fingerprint density at radius 1 is 1.04 bits per heavy atom. The molecule has 0 aromatic carbocycles. The van der Waals surface area contributed by atoms with Crippen LogP contribution in [0.15, 0.2) is 36.8 Å². The van der Waals surface area contributed by atoms with Crippen molar-refractivity contribution in [3.05, 3.63) is 42.5 Å². The van der Waals surface area contributed by atoms with Gasteiger partial charge in [0.15, 0.2) is 5.82 Å². The molecule has 0 atom stereocenters. The smallest absolute Gasteiger partial charge is 0.407 e. The Labute approximate surface area is 150 Å². The Bertz CT molecular complexity index is 955. The van der Waals surface area contributed by atoms with Gasteiger partial charge in [0, 0.05) is 55.7 Å². The van der Waals surface area contributed by atoms with Gasteiger partial charge in [-0.05, 0) is 25.1 Å². The predicted molar refractivity (Wildman–Crippen MR) is 97.1 cm³/mol. The molecule has 8 nitrogen and oxygen atoms in total. The molecule has 0 radical (unpaired) electrons. The van der Waals surface area contributed by atoms with E-state index in [2.05, 4.69) is 14.9 Å². The molecular weight excluding hydrogens is 332 g/mol. The second-order valence-electron chi connectivity index (χ2n) is 6.16. The fraction of sp³-hybridized carbons (Fsp3) is 0.278. The molecule has 4 heterocycles. The third-order valence-electron chi connectivity index (χ3n) is 4.57. The van der Waals surface area contributed by atoms with Crippen molar-refractivity contribution in [1.29, 1.82) is 0 Å². The Morgan fingerprint density at radius 2 is 1.77 bits per heavy atom. The average molecular weight is 350 g/mol. The number of amides is 1. The third-order valence-corrected chi connectivity index (χ3v) is 4.57. The molecule has 8 heteroatoms. The Morgan fingerprint density at radius 3 is 2.46 bits per heavy atom. The number of anilines is 1. The van der Waals surface area contributed by atoms with Crippen molar-refractivity contribution in [2.45, 2.75) is 6.92 Å². The van der Waals surface area contributed by atoms with E-state index in [9.17, 15) is 4.79 Å². The molecule has 1 N–H and O–H groups in total. The summed E-state index contributed by atoms with van der Waals surface area (Å²) in [6, 6.07) is 5.66. The highest BCUT2D eigenvalue weighted by molar-refractivity contribution is 5.92. The number of aryl methyl sites for hydroxylation is 1. The maximum absolute atomic E-state index is 11.2. The lowest BCUT2D eigenvalue weighted by atomic mass is 10.2. The molecule has 0 spiro atoms. The van der Waals surface area contributed by atoms with E-state index in [0.29, 0.717) is 32.0 Å². The van der Waals surface area contributed by atoms with Crippen molar-refractivity contribution < 1.29 is 9.90 Å². The minimum atomic E-state index is -0.880. The molecular formula is C18H18N6O2. The van der Waals surface area contributed by atoms with Gasteiger partial charge in [-0.2, -0.15) is 0 Å². The summed E-state index contributed by atoms with van der Waals surface area (Å²) in [5.74, 6) is 1.43. The summed E-state index contributed by atoms with van der Waals surface area (Å²) in [6.07, 6.45) is 4.30. The monoisotopic (exact) mass is 350 g/mol. The lowest BCUT2D eigenvalue weighted by Crippen LogP contribution is -2.48. The van der Waals surface area contributed by atoms with E-state index in [4.69, 9.17) is 15.1 Å². The van der Waals surface area contributed by atoms with E-state index >= 15 is 0 Å². The summed E-state index contributed by atoms with van der Waals surface area (Å²) in [5.41, 5.74) is 2.53. The molecule has 0 bridgehead atoms. The van der Waals surface area contributed by atoms with E-state index in [1.807, 2.05) is 25.1 Å². The summed E-state index contributed by atoms with van der Waals surface area (Å²) in [6.45, 7) is 4.02. The van der Waals surface area contributed by atoms with Gasteiger partial charge in [-0.1, -0.05) is 0 Å². The predicted octanol–water partition coefficient (Wildman–Crippen LogP) is 2.20. The molecule has 0 aliphatic carbocycles. The van der Waals surface area contributed by atoms with Crippen molar-refractivity contribution in [2.75, 3.05) is 31.1 Å². The Kier molecular flexibility index (Phi) is 4.08. The maximum Gasteiger partial charge on any atom is 0.407 e. The summed E-state index contributed by atoms with van der Waals surface area (Å²) in [4.78, 5) is 32.6. The molecule has 0 unspecified atom stereocenters. The van der Waals surface area contributed by atoms with Crippen LogP contribution in [0.3, 0.4) is 0 Å². The fourth-order valence-electron chi connectivity index (χ4n) is 3.15. The van der Waals surface area contributed by atoms with E-state index < -0.39 is 6.09 Å². The second-order valence-corrected chi connectivity index (χ2v) is 6.16. The summed E-state index contributed by atoms with van der Waals surface area (Å²) in [7, 11) is 0. The van der Waals surface area contributed by atoms with Gasteiger partial charge in [-0.25, -0.2) is 14.8 Å². The molecule has 1 aliphatic heterocycles. The van der Waals surface area contributed by atoms with Gasteiger partial charge in [-0.15, -0.1) is 0 Å². The van der Waals surface area contributed by atoms with Gasteiger partial charge in [0.05, 0.1) is 11.2 Å². The number of aromatic nitrogens is 4. The number of rotatable bonds is 2. The van der Waals surface area contributed by atoms with Gasteiger partial charge in [0.1, 0.15) is 5.82 Å². The topological polar surface area (TPSA) is 95.3 Å². The van der Waals surface area contributed by atoms with E-state index in [1.165, 1.54) is 4.90 Å². The number of pyridine rings is 2. The normalized spacial score (nSPS) is 14.7. The van der Waals surface area contributed by atoms with Crippen LogP contribution in [0.4, 0.5) is 10.6 Å². The van der Waals surface area contributed by atoms with Crippen LogP contribution in [-0.2, 0) is 0 Å². The van der Waals surface area contributed by atoms with Crippen LogP contribution in [0.1, 0.15) is 5.69 Å². The van der Waals surface area contributed by atoms with Gasteiger partial charge in [0.2, 0.25) is 0 Å². The molecule has 4 rings (SSSR count). The lowest BCUT2D eigenvalue weighted by Gasteiger charge is -2.34. The zero-order valence-electron chi connectivity index (χ0n) is 14.3. The minimum Gasteiger partial charge on any atom is -0.465 e. The number of carboxylic acid groups (broad SMARTS) is 1. The van der Waals surface area contributed by atoms with Crippen LogP contribution < -0.4 is 4.90 Å². The van der Waals surface area contributed by atoms with E-state index in [-0.39, 0.29) is 0 Å². The quantitative estimate of drug-likeness (QED) is 0.757. The standard InChI is InChI=1S/C18H18N6O2/c1-12-15-14(4-7-20-12)17(23-8-10-24(11-9-23)18(25)26)22-16(21-15)13-2-5-19-6-3-13/h2-7H,8-11H2,1H3,(H,25,26). The zero-order valence-corrected chi connectivity index (χ0v) is 14.3. The largest absolute Gasteiger partial charge is 0.465 e. The summed E-state index contributed by atoms with van der Waals surface area (Å²) < 4.78 is 0. The number of carbonyl (C=O) groups is 1. The number of nitrogens with zero attached hydrogens (tertiary/aromatic N) is 6. The number of hydrogen-bond acceptors (Lipinski definition) is 6. The minimum absolute atomic E-state index is 0.454. The van der Waals surface area contributed by atoms with E-state index in [0.717, 1.165) is 28.0 Å². The Hall–Kier alpha value is -3.29. The molecule has 1 saturated heterocycles. The first-order valence-corrected chi connectivity index (χ1v) is 8.40. The highest BCUT2D eigenvalue weighted by Crippen LogP contribution is 2.29. The van der Waals surface area contributed by atoms with Crippen molar-refractivity contribution in [1.82, 2.24) is 24.8 Å². The zero-order chi connectivity index (χ0) is 18.1. The van der Waals surface area contributed by atoms with Gasteiger partial charge in [0.25, 0.3) is 0 Å². The van der Waals surface area contributed by atoms with Crippen molar-refractivity contribution in [2.24, 2.45) is 0 Å². The first-order chi connectivity index (χ1) is 12.6. The third kappa shape index (κ3) is 2.90. The highest BCUT2D eigenvalue weighted by Gasteiger charge is 2.24. The Balaban J connectivity index is 1.80. The van der Waals surface area contributed by atoms with Gasteiger partial charge >= 0.3 is 6.09 Å². The molecule has 26 heavy (non-hydrogen) atoms. The number of piperazine rings is 1. The van der Waals surface area contributed by atoms with Crippen LogP contribution >= 0.6 is 0 Å². The molecule has 3 aromatic rings. The van der Waals surface area contributed by atoms with Crippen molar-refractivity contribution in [3.63, 3.8) is 0 Å². The SMILES string of the molecule is Cc1nccc2c(N3CCN(C(=O)O)CC3)nc(-c3ccncc3)nc12.